The standard InChI is InChI=1S/C18H25N5O4/c1-21-14(24)8-12(15(21)13-5-7-19-22(13)2)20-17(27)23-9-11-4-3-6-18(11,10-23)16(25)26/h5,7,11-12,15H,3-4,6,8-10H2,1-2H3,(H,20,27)(H,25,26)/t11-,12+,15+,18+/m0/s1. The Morgan fingerprint density at radius 2 is 2.15 bits per heavy atom. The molecule has 2 saturated heterocycles. The van der Waals surface area contributed by atoms with E-state index in [1.165, 1.54) is 0 Å². The summed E-state index contributed by atoms with van der Waals surface area (Å²) < 4.78 is 1.71. The van der Waals surface area contributed by atoms with Gasteiger partial charge in [0, 0.05) is 39.8 Å². The van der Waals surface area contributed by atoms with E-state index in [-0.39, 0.29) is 42.9 Å². The van der Waals surface area contributed by atoms with E-state index in [1.54, 1.807) is 27.7 Å². The first-order chi connectivity index (χ1) is 12.8. The van der Waals surface area contributed by atoms with Crippen molar-refractivity contribution in [2.45, 2.75) is 37.8 Å². The van der Waals surface area contributed by atoms with Gasteiger partial charge in [0.25, 0.3) is 0 Å². The van der Waals surface area contributed by atoms with Crippen molar-refractivity contribution in [3.05, 3.63) is 18.0 Å². The lowest BCUT2D eigenvalue weighted by molar-refractivity contribution is -0.149. The largest absolute Gasteiger partial charge is 0.481 e. The van der Waals surface area contributed by atoms with E-state index in [0.29, 0.717) is 13.0 Å². The number of carboxylic acids is 1. The molecule has 3 fully saturated rings. The van der Waals surface area contributed by atoms with Crippen LogP contribution < -0.4 is 5.32 Å². The second kappa shape index (κ2) is 6.24. The van der Waals surface area contributed by atoms with E-state index in [0.717, 1.165) is 18.5 Å². The van der Waals surface area contributed by atoms with Crippen LogP contribution in [0.1, 0.15) is 37.4 Å². The molecule has 1 aromatic heterocycles. The number of amides is 3. The average Bonchev–Trinajstić information content (AvgIpc) is 3.32. The fraction of sp³-hybridized carbons (Fsp3) is 0.667. The fourth-order valence-corrected chi connectivity index (χ4v) is 5.12. The summed E-state index contributed by atoms with van der Waals surface area (Å²) in [7, 11) is 3.54. The first-order valence-electron chi connectivity index (χ1n) is 9.36. The number of carbonyl (C=O) groups excluding carboxylic acids is 2. The maximum atomic E-state index is 12.9. The Balaban J connectivity index is 1.50. The van der Waals surface area contributed by atoms with Gasteiger partial charge in [0.15, 0.2) is 0 Å². The van der Waals surface area contributed by atoms with E-state index < -0.39 is 11.4 Å². The Morgan fingerprint density at radius 3 is 2.78 bits per heavy atom. The zero-order chi connectivity index (χ0) is 19.3. The number of aromatic nitrogens is 2. The molecule has 4 rings (SSSR count). The molecule has 1 aromatic rings. The van der Waals surface area contributed by atoms with Crippen LogP contribution in [0.15, 0.2) is 12.3 Å². The normalized spacial score (nSPS) is 32.8. The van der Waals surface area contributed by atoms with Crippen molar-refractivity contribution in [2.24, 2.45) is 18.4 Å². The second-order valence-corrected chi connectivity index (χ2v) is 8.02. The Morgan fingerprint density at radius 1 is 1.37 bits per heavy atom. The predicted octanol–water partition coefficient (Wildman–Crippen LogP) is 0.588. The topological polar surface area (TPSA) is 108 Å². The first-order valence-corrected chi connectivity index (χ1v) is 9.36. The fourth-order valence-electron chi connectivity index (χ4n) is 5.12. The van der Waals surface area contributed by atoms with Crippen molar-refractivity contribution in [3.63, 3.8) is 0 Å². The highest BCUT2D eigenvalue weighted by Crippen LogP contribution is 2.49. The Labute approximate surface area is 157 Å². The van der Waals surface area contributed by atoms with E-state index in [4.69, 9.17) is 0 Å². The third kappa shape index (κ3) is 2.67. The Kier molecular flexibility index (Phi) is 4.12. The van der Waals surface area contributed by atoms with Gasteiger partial charge in [-0.3, -0.25) is 14.3 Å². The number of nitrogens with zero attached hydrogens (tertiary/aromatic N) is 4. The molecule has 3 heterocycles. The van der Waals surface area contributed by atoms with Crippen LogP contribution in [0.3, 0.4) is 0 Å². The molecule has 27 heavy (non-hydrogen) atoms. The van der Waals surface area contributed by atoms with E-state index in [1.807, 2.05) is 13.1 Å². The van der Waals surface area contributed by atoms with Crippen LogP contribution >= 0.6 is 0 Å². The summed E-state index contributed by atoms with van der Waals surface area (Å²) in [4.78, 5) is 40.2. The highest BCUT2D eigenvalue weighted by Gasteiger charge is 2.56. The number of carbonyl (C=O) groups is 3. The number of aryl methyl sites for hydroxylation is 1. The van der Waals surface area contributed by atoms with Gasteiger partial charge < -0.3 is 20.2 Å². The van der Waals surface area contributed by atoms with Gasteiger partial charge in [-0.2, -0.15) is 5.10 Å². The summed E-state index contributed by atoms with van der Waals surface area (Å²) in [6, 6.07) is 0.903. The minimum atomic E-state index is -0.804. The summed E-state index contributed by atoms with van der Waals surface area (Å²) in [5.41, 5.74) is 0.0510. The molecule has 146 valence electrons. The molecule has 0 unspecified atom stereocenters. The van der Waals surface area contributed by atoms with Crippen LogP contribution in [0.25, 0.3) is 0 Å². The molecule has 1 saturated carbocycles. The summed E-state index contributed by atoms with van der Waals surface area (Å²) >= 11 is 0. The average molecular weight is 375 g/mol. The molecule has 0 radical (unpaired) electrons. The summed E-state index contributed by atoms with van der Waals surface area (Å²) in [6.07, 6.45) is 4.26. The van der Waals surface area contributed by atoms with Crippen molar-refractivity contribution >= 4 is 17.9 Å². The predicted molar refractivity (Wildman–Crippen MR) is 94.6 cm³/mol. The van der Waals surface area contributed by atoms with Gasteiger partial charge in [-0.05, 0) is 24.8 Å². The number of nitrogens with one attached hydrogen (secondary N) is 1. The molecular formula is C18H25N5O4. The molecule has 9 nitrogen and oxygen atoms in total. The zero-order valence-corrected chi connectivity index (χ0v) is 15.6. The molecule has 0 aromatic carbocycles. The number of carboxylic acid groups (broad SMARTS) is 1. The lowest BCUT2D eigenvalue weighted by Gasteiger charge is -2.28. The molecule has 9 heteroatoms. The maximum absolute atomic E-state index is 12.9. The molecule has 2 aliphatic heterocycles. The highest BCUT2D eigenvalue weighted by molar-refractivity contribution is 5.83. The van der Waals surface area contributed by atoms with Gasteiger partial charge in [0.05, 0.1) is 23.2 Å². The number of fused-ring (bicyclic) bond motifs is 1. The van der Waals surface area contributed by atoms with Gasteiger partial charge >= 0.3 is 12.0 Å². The minimum Gasteiger partial charge on any atom is -0.481 e. The van der Waals surface area contributed by atoms with Gasteiger partial charge in [0.1, 0.15) is 0 Å². The van der Waals surface area contributed by atoms with Crippen LogP contribution in [0.5, 0.6) is 0 Å². The second-order valence-electron chi connectivity index (χ2n) is 8.02. The Hall–Kier alpha value is -2.58. The molecule has 3 amide bonds. The summed E-state index contributed by atoms with van der Waals surface area (Å²) in [6.45, 7) is 0.705. The van der Waals surface area contributed by atoms with Gasteiger partial charge in [-0.25, -0.2) is 4.79 Å². The zero-order valence-electron chi connectivity index (χ0n) is 15.6. The molecule has 4 atom stereocenters. The first kappa shape index (κ1) is 17.8. The third-order valence-corrected chi connectivity index (χ3v) is 6.64. The van der Waals surface area contributed by atoms with Crippen molar-refractivity contribution in [3.8, 4) is 0 Å². The monoisotopic (exact) mass is 375 g/mol. The van der Waals surface area contributed by atoms with Gasteiger partial charge in [-0.15, -0.1) is 0 Å². The molecule has 2 N–H and O–H groups in total. The van der Waals surface area contributed by atoms with E-state index in [2.05, 4.69) is 10.4 Å². The summed E-state index contributed by atoms with van der Waals surface area (Å²) in [5.74, 6) is -0.822. The van der Waals surface area contributed by atoms with E-state index >= 15 is 0 Å². The van der Waals surface area contributed by atoms with Crippen molar-refractivity contribution < 1.29 is 19.5 Å². The third-order valence-electron chi connectivity index (χ3n) is 6.64. The van der Waals surface area contributed by atoms with Crippen molar-refractivity contribution in [1.29, 1.82) is 0 Å². The SMILES string of the molecule is CN1C(=O)C[C@@H](NC(=O)N2C[C@@H]3CCC[C@@]3(C(=O)O)C2)[C@@H]1c1ccnn1C. The van der Waals surface area contributed by atoms with E-state index in [9.17, 15) is 19.5 Å². The van der Waals surface area contributed by atoms with Gasteiger partial charge in [0.2, 0.25) is 5.91 Å². The quantitative estimate of drug-likeness (QED) is 0.804. The van der Waals surface area contributed by atoms with Crippen molar-refractivity contribution in [2.75, 3.05) is 20.1 Å². The van der Waals surface area contributed by atoms with Crippen LogP contribution in [0, 0.1) is 11.3 Å². The Bertz CT molecular complexity index is 792. The van der Waals surface area contributed by atoms with Gasteiger partial charge in [-0.1, -0.05) is 6.42 Å². The molecule has 3 aliphatic rings. The highest BCUT2D eigenvalue weighted by atomic mass is 16.4. The number of rotatable bonds is 3. The lowest BCUT2D eigenvalue weighted by atomic mass is 9.81. The maximum Gasteiger partial charge on any atom is 0.317 e. The summed E-state index contributed by atoms with van der Waals surface area (Å²) in [5, 5.41) is 16.9. The minimum absolute atomic E-state index is 0.0153. The van der Waals surface area contributed by atoms with Crippen LogP contribution in [0.2, 0.25) is 0 Å². The molecule has 1 aliphatic carbocycles. The van der Waals surface area contributed by atoms with Crippen molar-refractivity contribution in [1.82, 2.24) is 24.9 Å². The number of likely N-dealkylation sites (N-methyl/N-ethyl adjacent to an activating group) is 1. The molecule has 0 bridgehead atoms. The number of aliphatic carboxylic acids is 1. The van der Waals surface area contributed by atoms with Crippen LogP contribution in [0.4, 0.5) is 4.79 Å². The molecular weight excluding hydrogens is 350 g/mol. The number of hydrogen-bond donors (Lipinski definition) is 2. The smallest absolute Gasteiger partial charge is 0.317 e. The number of hydrogen-bond acceptors (Lipinski definition) is 4. The molecule has 0 spiro atoms. The number of urea groups is 1. The van der Waals surface area contributed by atoms with Crippen LogP contribution in [-0.2, 0) is 16.6 Å². The number of likely N-dealkylation sites (tertiary alicyclic amines) is 2. The van der Waals surface area contributed by atoms with Crippen LogP contribution in [-0.4, -0.2) is 68.8 Å². The lowest BCUT2D eigenvalue weighted by Crippen LogP contribution is -2.47.